The summed E-state index contributed by atoms with van der Waals surface area (Å²) in [7, 11) is 0. The molecule has 0 heterocycles. The first-order chi connectivity index (χ1) is 8.70. The van der Waals surface area contributed by atoms with Crippen LogP contribution in [0.4, 0.5) is 0 Å². The first kappa shape index (κ1) is 13.4. The standard InChI is InChI=1S/C15H12Br2O/c1-2-11-8-9-12(15(16)17)10-14(11)18-13-6-4-3-5-7-13/h2-10,15H,1H2. The van der Waals surface area contributed by atoms with Gasteiger partial charge in [-0.1, -0.05) is 74.8 Å². The molecule has 0 saturated heterocycles. The van der Waals surface area contributed by atoms with Gasteiger partial charge in [-0.15, -0.1) is 0 Å². The van der Waals surface area contributed by atoms with Crippen LogP contribution in [0.1, 0.15) is 14.9 Å². The van der Waals surface area contributed by atoms with Gasteiger partial charge in [0.05, 0.1) is 3.74 Å². The fourth-order valence-corrected chi connectivity index (χ4v) is 2.13. The van der Waals surface area contributed by atoms with Crippen LogP contribution < -0.4 is 4.74 Å². The maximum Gasteiger partial charge on any atom is 0.134 e. The van der Waals surface area contributed by atoms with Gasteiger partial charge in [-0.3, -0.25) is 0 Å². The lowest BCUT2D eigenvalue weighted by atomic mass is 10.1. The molecule has 0 N–H and O–H groups in total. The van der Waals surface area contributed by atoms with E-state index in [2.05, 4.69) is 38.4 Å². The predicted octanol–water partition coefficient (Wildman–Crippen LogP) is 5.91. The van der Waals surface area contributed by atoms with E-state index in [-0.39, 0.29) is 3.74 Å². The monoisotopic (exact) mass is 366 g/mol. The molecule has 92 valence electrons. The van der Waals surface area contributed by atoms with E-state index in [0.29, 0.717) is 0 Å². The van der Waals surface area contributed by atoms with Gasteiger partial charge >= 0.3 is 0 Å². The summed E-state index contributed by atoms with van der Waals surface area (Å²) in [6.07, 6.45) is 1.79. The number of hydrogen-bond donors (Lipinski definition) is 0. The van der Waals surface area contributed by atoms with Crippen molar-refractivity contribution >= 4 is 37.9 Å². The number of hydrogen-bond acceptors (Lipinski definition) is 1. The third-order valence-corrected chi connectivity index (χ3v) is 3.54. The molecule has 0 saturated carbocycles. The highest BCUT2D eigenvalue weighted by atomic mass is 79.9. The summed E-state index contributed by atoms with van der Waals surface area (Å²) in [6.45, 7) is 3.80. The van der Waals surface area contributed by atoms with Crippen molar-refractivity contribution in [3.63, 3.8) is 0 Å². The molecule has 0 unspecified atom stereocenters. The van der Waals surface area contributed by atoms with Gasteiger partial charge in [0.1, 0.15) is 11.5 Å². The van der Waals surface area contributed by atoms with Crippen molar-refractivity contribution in [1.82, 2.24) is 0 Å². The van der Waals surface area contributed by atoms with Crippen LogP contribution in [0.5, 0.6) is 11.5 Å². The van der Waals surface area contributed by atoms with E-state index in [1.807, 2.05) is 48.5 Å². The number of alkyl halides is 2. The Labute approximate surface area is 124 Å². The third-order valence-electron chi connectivity index (χ3n) is 2.48. The number of halogens is 2. The number of para-hydroxylation sites is 1. The Morgan fingerprint density at radius 3 is 2.39 bits per heavy atom. The Morgan fingerprint density at radius 2 is 1.78 bits per heavy atom. The zero-order valence-corrected chi connectivity index (χ0v) is 12.8. The van der Waals surface area contributed by atoms with Crippen LogP contribution in [0, 0.1) is 0 Å². The van der Waals surface area contributed by atoms with Gasteiger partial charge in [0.15, 0.2) is 0 Å². The number of ether oxygens (including phenoxy) is 1. The minimum Gasteiger partial charge on any atom is -0.457 e. The van der Waals surface area contributed by atoms with E-state index < -0.39 is 0 Å². The van der Waals surface area contributed by atoms with Gasteiger partial charge in [0.25, 0.3) is 0 Å². The summed E-state index contributed by atoms with van der Waals surface area (Å²) in [5.41, 5.74) is 2.08. The van der Waals surface area contributed by atoms with Gasteiger partial charge in [-0.05, 0) is 23.8 Å². The molecule has 3 heteroatoms. The van der Waals surface area contributed by atoms with Gasteiger partial charge in [0.2, 0.25) is 0 Å². The maximum atomic E-state index is 5.88. The molecule has 0 aliphatic heterocycles. The molecular formula is C15H12Br2O. The van der Waals surface area contributed by atoms with Crippen LogP contribution in [-0.4, -0.2) is 0 Å². The Kier molecular flexibility index (Phi) is 4.61. The van der Waals surface area contributed by atoms with E-state index in [9.17, 15) is 0 Å². The molecule has 0 aliphatic carbocycles. The molecule has 0 radical (unpaired) electrons. The van der Waals surface area contributed by atoms with Crippen molar-refractivity contribution in [2.24, 2.45) is 0 Å². The van der Waals surface area contributed by atoms with Crippen LogP contribution in [0.25, 0.3) is 6.08 Å². The van der Waals surface area contributed by atoms with Gasteiger partial charge < -0.3 is 4.74 Å². The third kappa shape index (κ3) is 3.24. The molecule has 0 fully saturated rings. The Balaban J connectivity index is 2.35. The molecule has 0 aliphatic rings. The van der Waals surface area contributed by atoms with Crippen LogP contribution in [0.2, 0.25) is 0 Å². The van der Waals surface area contributed by atoms with E-state index in [4.69, 9.17) is 4.74 Å². The molecule has 0 atom stereocenters. The summed E-state index contributed by atoms with van der Waals surface area (Å²) in [5.74, 6) is 1.62. The lowest BCUT2D eigenvalue weighted by molar-refractivity contribution is 0.481. The van der Waals surface area contributed by atoms with Crippen molar-refractivity contribution < 1.29 is 4.74 Å². The highest BCUT2D eigenvalue weighted by Crippen LogP contribution is 2.34. The fraction of sp³-hybridized carbons (Fsp3) is 0.0667. The molecule has 0 amide bonds. The van der Waals surface area contributed by atoms with Crippen LogP contribution in [0.3, 0.4) is 0 Å². The Morgan fingerprint density at radius 1 is 1.06 bits per heavy atom. The average Bonchev–Trinajstić information content (AvgIpc) is 2.39. The van der Waals surface area contributed by atoms with Gasteiger partial charge in [-0.25, -0.2) is 0 Å². The number of benzene rings is 2. The molecule has 2 rings (SSSR count). The summed E-state index contributed by atoms with van der Waals surface area (Å²) >= 11 is 6.97. The molecule has 0 spiro atoms. The molecule has 1 nitrogen and oxygen atoms in total. The average molecular weight is 368 g/mol. The molecule has 18 heavy (non-hydrogen) atoms. The first-order valence-electron chi connectivity index (χ1n) is 5.48. The van der Waals surface area contributed by atoms with E-state index >= 15 is 0 Å². The quantitative estimate of drug-likeness (QED) is 0.610. The van der Waals surface area contributed by atoms with Crippen LogP contribution in [-0.2, 0) is 0 Å². The largest absolute Gasteiger partial charge is 0.457 e. The van der Waals surface area contributed by atoms with Crippen LogP contribution in [0.15, 0.2) is 55.1 Å². The summed E-state index contributed by atoms with van der Waals surface area (Å²) < 4.78 is 5.99. The molecule has 2 aromatic rings. The van der Waals surface area contributed by atoms with E-state index in [1.54, 1.807) is 6.08 Å². The number of rotatable bonds is 4. The minimum absolute atomic E-state index is 0.113. The zero-order valence-electron chi connectivity index (χ0n) is 9.64. The van der Waals surface area contributed by atoms with Crippen molar-refractivity contribution in [3.05, 3.63) is 66.2 Å². The lowest BCUT2D eigenvalue weighted by Crippen LogP contribution is -1.90. The SMILES string of the molecule is C=Cc1ccc(C(Br)Br)cc1Oc1ccccc1. The lowest BCUT2D eigenvalue weighted by Gasteiger charge is -2.11. The predicted molar refractivity (Wildman–Crippen MR) is 83.6 cm³/mol. The van der Waals surface area contributed by atoms with Crippen LogP contribution >= 0.6 is 31.9 Å². The minimum atomic E-state index is 0.113. The molecular weight excluding hydrogens is 356 g/mol. The van der Waals surface area contributed by atoms with Crippen molar-refractivity contribution in [1.29, 1.82) is 0 Å². The van der Waals surface area contributed by atoms with E-state index in [1.165, 1.54) is 0 Å². The first-order valence-corrected chi connectivity index (χ1v) is 7.31. The molecule has 0 bridgehead atoms. The fourth-order valence-electron chi connectivity index (χ4n) is 1.56. The highest BCUT2D eigenvalue weighted by molar-refractivity contribution is 9.24. The second kappa shape index (κ2) is 6.21. The Hall–Kier alpha value is -1.06. The van der Waals surface area contributed by atoms with Crippen molar-refractivity contribution in [3.8, 4) is 11.5 Å². The van der Waals surface area contributed by atoms with Crippen molar-refractivity contribution in [2.75, 3.05) is 0 Å². The smallest absolute Gasteiger partial charge is 0.134 e. The second-order valence-corrected chi connectivity index (χ2v) is 6.78. The molecule has 2 aromatic carbocycles. The highest BCUT2D eigenvalue weighted by Gasteiger charge is 2.08. The summed E-state index contributed by atoms with van der Waals surface area (Å²) in [6, 6.07) is 15.7. The summed E-state index contributed by atoms with van der Waals surface area (Å²) in [4.78, 5) is 0. The normalized spacial score (nSPS) is 10.4. The molecule has 0 aromatic heterocycles. The Bertz CT molecular complexity index is 535. The van der Waals surface area contributed by atoms with Gasteiger partial charge in [0, 0.05) is 5.56 Å². The van der Waals surface area contributed by atoms with Crippen molar-refractivity contribution in [2.45, 2.75) is 3.74 Å². The topological polar surface area (TPSA) is 9.23 Å². The van der Waals surface area contributed by atoms with E-state index in [0.717, 1.165) is 22.6 Å². The summed E-state index contributed by atoms with van der Waals surface area (Å²) in [5, 5.41) is 0. The maximum absolute atomic E-state index is 5.88. The second-order valence-electron chi connectivity index (χ2n) is 3.72. The zero-order chi connectivity index (χ0) is 13.0. The van der Waals surface area contributed by atoms with Gasteiger partial charge in [-0.2, -0.15) is 0 Å².